The quantitative estimate of drug-likeness (QED) is 0.295. The first-order valence-electron chi connectivity index (χ1n) is 9.90. The van der Waals surface area contributed by atoms with Crippen LogP contribution in [0.3, 0.4) is 0 Å². The summed E-state index contributed by atoms with van der Waals surface area (Å²) in [7, 11) is 0. The first-order chi connectivity index (χ1) is 15.5. The van der Waals surface area contributed by atoms with E-state index in [0.29, 0.717) is 33.4 Å². The Morgan fingerprint density at radius 2 is 1.41 bits per heavy atom. The molecule has 0 saturated carbocycles. The maximum atomic E-state index is 13.1. The summed E-state index contributed by atoms with van der Waals surface area (Å²) < 4.78 is 17.2. The predicted octanol–water partition coefficient (Wildman–Crippen LogP) is 4.47. The second kappa shape index (κ2) is 6.49. The third kappa shape index (κ3) is 2.48. The van der Waals surface area contributed by atoms with Gasteiger partial charge in [-0.2, -0.15) is 0 Å². The van der Waals surface area contributed by atoms with Crippen molar-refractivity contribution in [3.8, 4) is 17.2 Å². The Kier molecular flexibility index (Phi) is 3.70. The topological polar surface area (TPSA) is 116 Å². The van der Waals surface area contributed by atoms with Crippen LogP contribution < -0.4 is 21.7 Å². The van der Waals surface area contributed by atoms with Crippen molar-refractivity contribution in [2.75, 3.05) is 5.73 Å². The highest BCUT2D eigenvalue weighted by molar-refractivity contribution is 5.88. The number of hydrogen-bond acceptors (Lipinski definition) is 7. The van der Waals surface area contributed by atoms with Gasteiger partial charge in [0.15, 0.2) is 0 Å². The Morgan fingerprint density at radius 3 is 2.16 bits per heavy atom. The van der Waals surface area contributed by atoms with Crippen molar-refractivity contribution in [2.45, 2.75) is 5.92 Å². The number of rotatable bonds is 1. The number of benzene rings is 3. The summed E-state index contributed by atoms with van der Waals surface area (Å²) in [4.78, 5) is 26.2. The first-order valence-corrected chi connectivity index (χ1v) is 9.90. The Balaban J connectivity index is 1.77. The van der Waals surface area contributed by atoms with Crippen LogP contribution in [0.15, 0.2) is 85.2 Å². The van der Waals surface area contributed by atoms with Crippen LogP contribution in [0.25, 0.3) is 21.9 Å². The highest BCUT2D eigenvalue weighted by Crippen LogP contribution is 2.50. The second-order valence-corrected chi connectivity index (χ2v) is 7.61. The number of nitrogens with two attached hydrogens (primary N) is 1. The molecule has 1 aliphatic heterocycles. The third-order valence-corrected chi connectivity index (χ3v) is 5.76. The summed E-state index contributed by atoms with van der Waals surface area (Å²) in [5.74, 6) is -0.599. The average molecular weight is 425 g/mol. The normalized spacial score (nSPS) is 14.7. The molecule has 0 spiro atoms. The van der Waals surface area contributed by atoms with E-state index in [9.17, 15) is 14.7 Å². The Bertz CT molecular complexity index is 1660. The van der Waals surface area contributed by atoms with Gasteiger partial charge in [-0.15, -0.1) is 0 Å². The molecule has 5 aromatic rings. The van der Waals surface area contributed by atoms with E-state index < -0.39 is 17.2 Å². The van der Waals surface area contributed by atoms with E-state index in [2.05, 4.69) is 0 Å². The van der Waals surface area contributed by atoms with Gasteiger partial charge in [-0.3, -0.25) is 0 Å². The van der Waals surface area contributed by atoms with Gasteiger partial charge in [-0.25, -0.2) is 9.59 Å². The van der Waals surface area contributed by atoms with Crippen LogP contribution in [0.2, 0.25) is 0 Å². The molecule has 0 saturated heterocycles. The lowest BCUT2D eigenvalue weighted by molar-refractivity contribution is 0.425. The largest absolute Gasteiger partial charge is 0.507 e. The molecular formula is C25H15NO6. The number of para-hydroxylation sites is 2. The van der Waals surface area contributed by atoms with Crippen LogP contribution in [0, 0.1) is 0 Å². The molecule has 3 heterocycles. The van der Waals surface area contributed by atoms with Gasteiger partial charge in [0.1, 0.15) is 28.4 Å². The molecule has 1 aliphatic rings. The van der Waals surface area contributed by atoms with Gasteiger partial charge in [0, 0.05) is 17.3 Å². The summed E-state index contributed by atoms with van der Waals surface area (Å²) in [6, 6.07) is 18.5. The Labute approximate surface area is 179 Å². The minimum absolute atomic E-state index is 0.0677. The lowest BCUT2D eigenvalue weighted by atomic mass is 9.82. The number of hydrogen-bond donors (Lipinski definition) is 2. The van der Waals surface area contributed by atoms with E-state index in [1.54, 1.807) is 66.7 Å². The molecule has 3 aromatic carbocycles. The minimum atomic E-state index is -0.976. The lowest BCUT2D eigenvalue weighted by Crippen LogP contribution is -2.24. The van der Waals surface area contributed by atoms with E-state index in [1.165, 1.54) is 0 Å². The summed E-state index contributed by atoms with van der Waals surface area (Å²) in [5, 5.41) is 12.1. The number of nitrogen functional groups attached to an aromatic ring is 1. The van der Waals surface area contributed by atoms with Crippen LogP contribution in [-0.2, 0) is 0 Å². The summed E-state index contributed by atoms with van der Waals surface area (Å²) >= 11 is 0. The molecule has 0 fully saturated rings. The standard InChI is InChI=1S/C25H15NO6/c26-12-9-10-13-18(11-12)30-23-15-6-2-4-8-17(15)32-25(29)21(23)19(13)20-22(27)14-5-1-3-7-16(14)31-24(20)28/h1-11,19,27H,26H2. The zero-order valence-corrected chi connectivity index (χ0v) is 16.5. The molecule has 0 amide bonds. The van der Waals surface area contributed by atoms with E-state index in [-0.39, 0.29) is 28.2 Å². The molecule has 32 heavy (non-hydrogen) atoms. The molecule has 3 N–H and O–H groups in total. The Morgan fingerprint density at radius 1 is 0.781 bits per heavy atom. The molecule has 0 aliphatic carbocycles. The van der Waals surface area contributed by atoms with E-state index in [1.807, 2.05) is 0 Å². The molecule has 6 rings (SSSR count). The number of ether oxygens (including phenoxy) is 1. The molecule has 1 atom stereocenters. The van der Waals surface area contributed by atoms with Crippen molar-refractivity contribution < 1.29 is 18.7 Å². The molecule has 0 radical (unpaired) electrons. The average Bonchev–Trinajstić information content (AvgIpc) is 2.78. The summed E-state index contributed by atoms with van der Waals surface area (Å²) in [6.45, 7) is 0. The molecule has 7 nitrogen and oxygen atoms in total. The molecule has 1 unspecified atom stereocenters. The van der Waals surface area contributed by atoms with Gasteiger partial charge < -0.3 is 24.4 Å². The maximum Gasteiger partial charge on any atom is 0.344 e. The second-order valence-electron chi connectivity index (χ2n) is 7.61. The highest BCUT2D eigenvalue weighted by Gasteiger charge is 2.38. The first kappa shape index (κ1) is 18.3. The fourth-order valence-corrected chi connectivity index (χ4v) is 4.34. The number of aromatic hydroxyl groups is 1. The number of fused-ring (bicyclic) bond motifs is 5. The van der Waals surface area contributed by atoms with Crippen LogP contribution >= 0.6 is 0 Å². The zero-order chi connectivity index (χ0) is 22.0. The molecular weight excluding hydrogens is 410 g/mol. The fraction of sp³-hybridized carbons (Fsp3) is 0.0400. The third-order valence-electron chi connectivity index (χ3n) is 5.76. The minimum Gasteiger partial charge on any atom is -0.507 e. The monoisotopic (exact) mass is 425 g/mol. The zero-order valence-electron chi connectivity index (χ0n) is 16.5. The van der Waals surface area contributed by atoms with E-state index in [4.69, 9.17) is 19.3 Å². The lowest BCUT2D eigenvalue weighted by Gasteiger charge is -2.28. The van der Waals surface area contributed by atoms with Gasteiger partial charge >= 0.3 is 11.3 Å². The highest BCUT2D eigenvalue weighted by atomic mass is 16.5. The van der Waals surface area contributed by atoms with Crippen LogP contribution in [-0.4, -0.2) is 5.11 Å². The summed E-state index contributed by atoms with van der Waals surface area (Å²) in [6.07, 6.45) is 0. The van der Waals surface area contributed by atoms with Gasteiger partial charge in [-0.05, 0) is 30.3 Å². The van der Waals surface area contributed by atoms with Gasteiger partial charge in [0.05, 0.1) is 27.8 Å². The van der Waals surface area contributed by atoms with Crippen molar-refractivity contribution in [1.82, 2.24) is 0 Å². The molecule has 156 valence electrons. The Hall–Kier alpha value is -4.52. The molecule has 2 aromatic heterocycles. The van der Waals surface area contributed by atoms with Crippen molar-refractivity contribution in [3.05, 3.63) is 104 Å². The van der Waals surface area contributed by atoms with E-state index in [0.717, 1.165) is 0 Å². The van der Waals surface area contributed by atoms with Crippen molar-refractivity contribution in [2.24, 2.45) is 0 Å². The maximum absolute atomic E-state index is 13.1. The number of anilines is 1. The van der Waals surface area contributed by atoms with Crippen LogP contribution in [0.5, 0.6) is 17.2 Å². The fourth-order valence-electron chi connectivity index (χ4n) is 4.34. The molecule has 0 bridgehead atoms. The van der Waals surface area contributed by atoms with Crippen molar-refractivity contribution >= 4 is 27.6 Å². The molecule has 7 heteroatoms. The van der Waals surface area contributed by atoms with Gasteiger partial charge in [-0.1, -0.05) is 30.3 Å². The smallest absolute Gasteiger partial charge is 0.344 e. The van der Waals surface area contributed by atoms with Crippen molar-refractivity contribution in [1.29, 1.82) is 0 Å². The van der Waals surface area contributed by atoms with Crippen LogP contribution in [0.1, 0.15) is 22.6 Å². The van der Waals surface area contributed by atoms with E-state index >= 15 is 0 Å². The SMILES string of the molecule is Nc1ccc2c(c1)Oc1c(c(=O)oc3ccccc13)C2c1c(O)c2ccccc2oc1=O. The van der Waals surface area contributed by atoms with Crippen LogP contribution in [0.4, 0.5) is 5.69 Å². The van der Waals surface area contributed by atoms with Gasteiger partial charge in [0.2, 0.25) is 0 Å². The predicted molar refractivity (Wildman–Crippen MR) is 119 cm³/mol. The van der Waals surface area contributed by atoms with Gasteiger partial charge in [0.25, 0.3) is 0 Å². The summed E-state index contributed by atoms with van der Waals surface area (Å²) in [5.41, 5.74) is 6.13. The van der Waals surface area contributed by atoms with Crippen molar-refractivity contribution in [3.63, 3.8) is 0 Å².